The molecule has 1 aromatic heterocycles. The van der Waals surface area contributed by atoms with E-state index in [9.17, 15) is 4.79 Å². The number of halogens is 1. The molecule has 1 heterocycles. The number of benzene rings is 1. The van der Waals surface area contributed by atoms with Crippen LogP contribution in [0.15, 0.2) is 35.3 Å². The first-order chi connectivity index (χ1) is 8.25. The predicted octanol–water partition coefficient (Wildman–Crippen LogP) is 3.77. The summed E-state index contributed by atoms with van der Waals surface area (Å²) >= 11 is 5.95. The number of hydrogen-bond acceptors (Lipinski definition) is 1. The van der Waals surface area contributed by atoms with Gasteiger partial charge in [0.25, 0.3) is 0 Å². The van der Waals surface area contributed by atoms with Crippen LogP contribution in [0.4, 0.5) is 0 Å². The second-order valence-electron chi connectivity index (χ2n) is 4.69. The minimum atomic E-state index is 0.0525. The molecule has 0 aliphatic heterocycles. The second-order valence-corrected chi connectivity index (χ2v) is 5.12. The van der Waals surface area contributed by atoms with Gasteiger partial charge in [-0.15, -0.1) is 0 Å². The second kappa shape index (κ2) is 4.19. The summed E-state index contributed by atoms with van der Waals surface area (Å²) < 4.78 is 2.24. The minimum Gasteiger partial charge on any atom is -0.344 e. The molecule has 1 aromatic carbocycles. The summed E-state index contributed by atoms with van der Waals surface area (Å²) in [4.78, 5) is 11.8. The Labute approximate surface area is 105 Å². The number of fused-ring (bicyclic) bond motifs is 1. The molecule has 1 aliphatic rings. The first-order valence-corrected chi connectivity index (χ1v) is 6.44. The van der Waals surface area contributed by atoms with Crippen molar-refractivity contribution in [2.45, 2.75) is 31.7 Å². The molecule has 0 spiro atoms. The van der Waals surface area contributed by atoms with E-state index in [0.29, 0.717) is 11.1 Å². The van der Waals surface area contributed by atoms with Gasteiger partial charge in [-0.1, -0.05) is 24.4 Å². The topological polar surface area (TPSA) is 22.0 Å². The van der Waals surface area contributed by atoms with Gasteiger partial charge in [-0.2, -0.15) is 0 Å². The fourth-order valence-electron chi connectivity index (χ4n) is 2.75. The number of hydrogen-bond donors (Lipinski definition) is 0. The van der Waals surface area contributed by atoms with Crippen LogP contribution in [0.1, 0.15) is 31.7 Å². The van der Waals surface area contributed by atoms with Gasteiger partial charge in [-0.25, -0.2) is 0 Å². The molecule has 0 radical (unpaired) electrons. The van der Waals surface area contributed by atoms with Crippen LogP contribution in [0.25, 0.3) is 10.9 Å². The van der Waals surface area contributed by atoms with Crippen LogP contribution in [-0.2, 0) is 0 Å². The Balaban J connectivity index is 2.25. The quantitative estimate of drug-likeness (QED) is 0.752. The number of aromatic nitrogens is 1. The van der Waals surface area contributed by atoms with E-state index in [-0.39, 0.29) is 5.43 Å². The Morgan fingerprint density at radius 2 is 1.94 bits per heavy atom. The number of rotatable bonds is 1. The van der Waals surface area contributed by atoms with Gasteiger partial charge >= 0.3 is 0 Å². The molecule has 0 bridgehead atoms. The SMILES string of the molecule is O=c1ccn(C2CCCC2)c2ccc(Cl)cc12. The van der Waals surface area contributed by atoms with Crippen LogP contribution >= 0.6 is 11.6 Å². The van der Waals surface area contributed by atoms with Crippen LogP contribution in [0, 0.1) is 0 Å². The standard InChI is InChI=1S/C14H14ClNO/c15-10-5-6-13-12(9-10)14(17)7-8-16(13)11-3-1-2-4-11/h5-9,11H,1-4H2. The molecule has 1 fully saturated rings. The van der Waals surface area contributed by atoms with E-state index in [0.717, 1.165) is 10.9 Å². The summed E-state index contributed by atoms with van der Waals surface area (Å²) in [7, 11) is 0. The first-order valence-electron chi connectivity index (χ1n) is 6.06. The summed E-state index contributed by atoms with van der Waals surface area (Å²) in [6.45, 7) is 0. The molecule has 88 valence electrons. The molecule has 2 nitrogen and oxygen atoms in total. The highest BCUT2D eigenvalue weighted by molar-refractivity contribution is 6.31. The highest BCUT2D eigenvalue weighted by atomic mass is 35.5. The molecular weight excluding hydrogens is 234 g/mol. The van der Waals surface area contributed by atoms with Crippen molar-refractivity contribution in [2.24, 2.45) is 0 Å². The third-order valence-electron chi connectivity index (χ3n) is 3.61. The molecule has 0 atom stereocenters. The zero-order valence-corrected chi connectivity index (χ0v) is 10.3. The molecule has 3 heteroatoms. The van der Waals surface area contributed by atoms with Crippen molar-refractivity contribution in [1.82, 2.24) is 4.57 Å². The Kier molecular flexibility index (Phi) is 2.67. The zero-order chi connectivity index (χ0) is 11.8. The Morgan fingerprint density at radius 1 is 1.18 bits per heavy atom. The summed E-state index contributed by atoms with van der Waals surface area (Å²) in [5.41, 5.74) is 1.06. The first kappa shape index (κ1) is 10.8. The lowest BCUT2D eigenvalue weighted by molar-refractivity contribution is 0.532. The Bertz CT molecular complexity index is 611. The highest BCUT2D eigenvalue weighted by Gasteiger charge is 2.17. The lowest BCUT2D eigenvalue weighted by Crippen LogP contribution is -2.11. The number of nitrogens with zero attached hydrogens (tertiary/aromatic N) is 1. The van der Waals surface area contributed by atoms with Crippen molar-refractivity contribution < 1.29 is 0 Å². The van der Waals surface area contributed by atoms with Crippen molar-refractivity contribution in [2.75, 3.05) is 0 Å². The largest absolute Gasteiger partial charge is 0.344 e. The van der Waals surface area contributed by atoms with E-state index >= 15 is 0 Å². The van der Waals surface area contributed by atoms with Crippen LogP contribution < -0.4 is 5.43 Å². The van der Waals surface area contributed by atoms with Gasteiger partial charge in [0.15, 0.2) is 5.43 Å². The van der Waals surface area contributed by atoms with Crippen molar-refractivity contribution in [3.63, 3.8) is 0 Å². The lowest BCUT2D eigenvalue weighted by Gasteiger charge is -2.17. The third-order valence-corrected chi connectivity index (χ3v) is 3.84. The van der Waals surface area contributed by atoms with E-state index in [1.54, 1.807) is 12.1 Å². The Morgan fingerprint density at radius 3 is 2.71 bits per heavy atom. The molecule has 2 aromatic rings. The summed E-state index contributed by atoms with van der Waals surface area (Å²) in [6, 6.07) is 7.77. The highest BCUT2D eigenvalue weighted by Crippen LogP contribution is 2.31. The Hall–Kier alpha value is -1.28. The van der Waals surface area contributed by atoms with Crippen molar-refractivity contribution in [3.05, 3.63) is 45.7 Å². The zero-order valence-electron chi connectivity index (χ0n) is 9.53. The van der Waals surface area contributed by atoms with E-state index in [1.807, 2.05) is 18.3 Å². The van der Waals surface area contributed by atoms with Crippen LogP contribution in [0.2, 0.25) is 5.02 Å². The lowest BCUT2D eigenvalue weighted by atomic mass is 10.1. The molecule has 0 N–H and O–H groups in total. The average molecular weight is 248 g/mol. The van der Waals surface area contributed by atoms with Gasteiger partial charge < -0.3 is 4.57 Å². The monoisotopic (exact) mass is 247 g/mol. The van der Waals surface area contributed by atoms with Gasteiger partial charge in [0.2, 0.25) is 0 Å². The molecule has 1 aliphatic carbocycles. The molecule has 3 rings (SSSR count). The molecule has 0 saturated heterocycles. The van der Waals surface area contributed by atoms with E-state index < -0.39 is 0 Å². The van der Waals surface area contributed by atoms with Gasteiger partial charge in [0, 0.05) is 28.7 Å². The van der Waals surface area contributed by atoms with Crippen molar-refractivity contribution >= 4 is 22.5 Å². The van der Waals surface area contributed by atoms with Crippen LogP contribution in [0.3, 0.4) is 0 Å². The molecule has 1 saturated carbocycles. The van der Waals surface area contributed by atoms with Gasteiger partial charge in [-0.05, 0) is 31.0 Å². The maximum atomic E-state index is 11.8. The maximum Gasteiger partial charge on any atom is 0.189 e. The van der Waals surface area contributed by atoms with Crippen LogP contribution in [0.5, 0.6) is 0 Å². The van der Waals surface area contributed by atoms with Crippen LogP contribution in [-0.4, -0.2) is 4.57 Å². The third kappa shape index (κ3) is 1.87. The van der Waals surface area contributed by atoms with E-state index in [2.05, 4.69) is 4.57 Å². The van der Waals surface area contributed by atoms with Crippen molar-refractivity contribution in [1.29, 1.82) is 0 Å². The van der Waals surface area contributed by atoms with Gasteiger partial charge in [0.1, 0.15) is 0 Å². The van der Waals surface area contributed by atoms with Gasteiger partial charge in [0.05, 0.1) is 5.52 Å². The summed E-state index contributed by atoms with van der Waals surface area (Å²) in [5, 5.41) is 1.35. The van der Waals surface area contributed by atoms with Crippen molar-refractivity contribution in [3.8, 4) is 0 Å². The number of pyridine rings is 1. The molecule has 17 heavy (non-hydrogen) atoms. The van der Waals surface area contributed by atoms with E-state index in [1.165, 1.54) is 25.7 Å². The molecule has 0 amide bonds. The predicted molar refractivity (Wildman–Crippen MR) is 70.7 cm³/mol. The summed E-state index contributed by atoms with van der Waals surface area (Å²) in [5.74, 6) is 0. The van der Waals surface area contributed by atoms with E-state index in [4.69, 9.17) is 11.6 Å². The normalized spacial score (nSPS) is 16.8. The van der Waals surface area contributed by atoms with Gasteiger partial charge in [-0.3, -0.25) is 4.79 Å². The molecular formula is C14H14ClNO. The maximum absolute atomic E-state index is 11.8. The molecule has 0 unspecified atom stereocenters. The minimum absolute atomic E-state index is 0.0525. The average Bonchev–Trinajstić information content (AvgIpc) is 2.84. The smallest absolute Gasteiger partial charge is 0.189 e. The summed E-state index contributed by atoms with van der Waals surface area (Å²) in [6.07, 6.45) is 6.91. The fraction of sp³-hybridized carbons (Fsp3) is 0.357. The fourth-order valence-corrected chi connectivity index (χ4v) is 2.92.